The molecule has 0 aromatic heterocycles. The molecule has 1 aliphatic rings. The maximum Gasteiger partial charge on any atom is 0.0165 e. The predicted octanol–water partition coefficient (Wildman–Crippen LogP) is 16.4. The van der Waals surface area contributed by atoms with Gasteiger partial charge in [-0.3, -0.25) is 0 Å². The smallest absolute Gasteiger partial charge is 0.0165 e. The zero-order valence-corrected chi connectivity index (χ0v) is 33.1. The first-order chi connectivity index (χ1) is 29.0. The lowest BCUT2D eigenvalue weighted by Crippen LogP contribution is -2.15. The van der Waals surface area contributed by atoms with Crippen LogP contribution in [0.1, 0.15) is 25.0 Å². The molecule has 0 heteroatoms. The highest BCUT2D eigenvalue weighted by Crippen LogP contribution is 2.57. The minimum atomic E-state index is -0.155. The molecule has 59 heavy (non-hydrogen) atoms. The molecule has 12 rings (SSSR count). The highest BCUT2D eigenvalue weighted by molar-refractivity contribution is 6.22. The Hall–Kier alpha value is -7.28. The molecule has 0 nitrogen and oxygen atoms in total. The number of benzene rings is 11. The van der Waals surface area contributed by atoms with Crippen molar-refractivity contribution in [2.75, 3.05) is 0 Å². The van der Waals surface area contributed by atoms with Gasteiger partial charge < -0.3 is 0 Å². The standard InChI is InChI=1S/C59H40/c1-59(2)53-28-14-27-44(56(53)57-47-21-7-5-19-45(47)46-20-6-12-26-52(46)58(57)59)42-17-13-18-43(36-42)55-50-24-10-8-22-48(50)54(49-23-9-11-25-51(49)55)39-32-29-38(30-33-39)41-34-31-37-15-3-4-16-40(37)35-41/h3-36H,1-2H3. The van der Waals surface area contributed by atoms with Crippen molar-refractivity contribution < 1.29 is 0 Å². The second-order valence-corrected chi connectivity index (χ2v) is 16.8. The van der Waals surface area contributed by atoms with Gasteiger partial charge in [-0.1, -0.05) is 208 Å². The zero-order valence-electron chi connectivity index (χ0n) is 33.1. The molecule has 0 heterocycles. The van der Waals surface area contributed by atoms with Gasteiger partial charge in [0.15, 0.2) is 0 Å². The third kappa shape index (κ3) is 5.03. The Bertz CT molecular complexity index is 3450. The summed E-state index contributed by atoms with van der Waals surface area (Å²) in [5, 5.41) is 12.9. The molecule has 0 atom stereocenters. The second kappa shape index (κ2) is 12.9. The van der Waals surface area contributed by atoms with Gasteiger partial charge in [-0.05, 0) is 133 Å². The molecule has 0 saturated heterocycles. The lowest BCUT2D eigenvalue weighted by atomic mass is 9.79. The van der Waals surface area contributed by atoms with Crippen molar-refractivity contribution in [1.29, 1.82) is 0 Å². The quantitative estimate of drug-likeness (QED) is 0.124. The van der Waals surface area contributed by atoms with Crippen LogP contribution in [0.3, 0.4) is 0 Å². The molecule has 0 unspecified atom stereocenters. The monoisotopic (exact) mass is 748 g/mol. The molecule has 0 bridgehead atoms. The van der Waals surface area contributed by atoms with E-state index in [1.165, 1.54) is 121 Å². The van der Waals surface area contributed by atoms with Crippen LogP contribution in [0.25, 0.3) is 109 Å². The van der Waals surface area contributed by atoms with Gasteiger partial charge in [0.1, 0.15) is 0 Å². The summed E-state index contributed by atoms with van der Waals surface area (Å²) in [5.74, 6) is 0. The maximum absolute atomic E-state index is 2.44. The van der Waals surface area contributed by atoms with Crippen LogP contribution in [-0.2, 0) is 5.41 Å². The van der Waals surface area contributed by atoms with Crippen LogP contribution in [0, 0.1) is 0 Å². The van der Waals surface area contributed by atoms with E-state index in [9.17, 15) is 0 Å². The minimum Gasteiger partial charge on any atom is -0.0616 e. The molecule has 1 aliphatic carbocycles. The van der Waals surface area contributed by atoms with Crippen LogP contribution in [0.4, 0.5) is 0 Å². The molecule has 11 aromatic rings. The van der Waals surface area contributed by atoms with E-state index < -0.39 is 0 Å². The fourth-order valence-corrected chi connectivity index (χ4v) is 10.6. The van der Waals surface area contributed by atoms with Crippen LogP contribution in [0.5, 0.6) is 0 Å². The van der Waals surface area contributed by atoms with Crippen LogP contribution in [0.2, 0.25) is 0 Å². The number of hydrogen-bond acceptors (Lipinski definition) is 0. The number of hydrogen-bond donors (Lipinski definition) is 0. The van der Waals surface area contributed by atoms with Gasteiger partial charge in [0, 0.05) is 5.41 Å². The van der Waals surface area contributed by atoms with Crippen molar-refractivity contribution in [1.82, 2.24) is 0 Å². The van der Waals surface area contributed by atoms with Crippen molar-refractivity contribution in [2.24, 2.45) is 0 Å². The van der Waals surface area contributed by atoms with Crippen LogP contribution >= 0.6 is 0 Å². The Labute approximate surface area is 344 Å². The summed E-state index contributed by atoms with van der Waals surface area (Å²) in [6.07, 6.45) is 0. The summed E-state index contributed by atoms with van der Waals surface area (Å²) in [7, 11) is 0. The summed E-state index contributed by atoms with van der Waals surface area (Å²) in [6, 6.07) is 76.8. The minimum absolute atomic E-state index is 0.155. The van der Waals surface area contributed by atoms with Crippen LogP contribution in [0.15, 0.2) is 206 Å². The highest BCUT2D eigenvalue weighted by Gasteiger charge is 2.39. The SMILES string of the molecule is CC1(C)c2cccc(-c3cccc(-c4c5ccccc5c(-c5ccc(-c6ccc7ccccc7c6)cc5)c5ccccc45)c3)c2-c2c1c1ccccc1c1ccccc21. The van der Waals surface area contributed by atoms with E-state index in [-0.39, 0.29) is 5.41 Å². The van der Waals surface area contributed by atoms with Crippen molar-refractivity contribution in [3.8, 4) is 55.6 Å². The molecule has 11 aromatic carbocycles. The molecule has 0 N–H and O–H groups in total. The van der Waals surface area contributed by atoms with E-state index in [0.29, 0.717) is 0 Å². The highest BCUT2D eigenvalue weighted by atomic mass is 14.4. The first-order valence-electron chi connectivity index (χ1n) is 20.8. The van der Waals surface area contributed by atoms with Gasteiger partial charge >= 0.3 is 0 Å². The Kier molecular flexibility index (Phi) is 7.38. The number of rotatable bonds is 4. The molecular weight excluding hydrogens is 709 g/mol. The molecule has 0 fully saturated rings. The van der Waals surface area contributed by atoms with Gasteiger partial charge in [-0.2, -0.15) is 0 Å². The lowest BCUT2D eigenvalue weighted by Gasteiger charge is -2.24. The van der Waals surface area contributed by atoms with E-state index in [4.69, 9.17) is 0 Å². The van der Waals surface area contributed by atoms with E-state index in [1.54, 1.807) is 0 Å². The predicted molar refractivity (Wildman–Crippen MR) is 253 cm³/mol. The van der Waals surface area contributed by atoms with Gasteiger partial charge in [0.2, 0.25) is 0 Å². The Morgan fingerprint density at radius 3 is 1.41 bits per heavy atom. The van der Waals surface area contributed by atoms with Crippen molar-refractivity contribution >= 4 is 53.9 Å². The Morgan fingerprint density at radius 2 is 0.746 bits per heavy atom. The molecular formula is C59H40. The second-order valence-electron chi connectivity index (χ2n) is 16.8. The summed E-state index contributed by atoms with van der Waals surface area (Å²) < 4.78 is 0. The Morgan fingerprint density at radius 1 is 0.271 bits per heavy atom. The fourth-order valence-electron chi connectivity index (χ4n) is 10.6. The van der Waals surface area contributed by atoms with E-state index in [2.05, 4.69) is 220 Å². The van der Waals surface area contributed by atoms with E-state index in [0.717, 1.165) is 0 Å². The lowest BCUT2D eigenvalue weighted by molar-refractivity contribution is 0.666. The third-order valence-corrected chi connectivity index (χ3v) is 13.2. The van der Waals surface area contributed by atoms with Crippen molar-refractivity contribution in [2.45, 2.75) is 19.3 Å². The molecule has 0 aliphatic heterocycles. The van der Waals surface area contributed by atoms with Gasteiger partial charge in [0.25, 0.3) is 0 Å². The molecule has 0 amide bonds. The largest absolute Gasteiger partial charge is 0.0616 e. The third-order valence-electron chi connectivity index (χ3n) is 13.2. The molecule has 0 saturated carbocycles. The summed E-state index contributed by atoms with van der Waals surface area (Å²) >= 11 is 0. The van der Waals surface area contributed by atoms with E-state index >= 15 is 0 Å². The Balaban J connectivity index is 1.04. The van der Waals surface area contributed by atoms with Gasteiger partial charge in [0.05, 0.1) is 0 Å². The normalized spacial score (nSPS) is 13.1. The summed E-state index contributed by atoms with van der Waals surface area (Å²) in [6.45, 7) is 4.83. The average molecular weight is 749 g/mol. The van der Waals surface area contributed by atoms with Crippen molar-refractivity contribution in [3.63, 3.8) is 0 Å². The molecule has 0 spiro atoms. The maximum atomic E-state index is 2.44. The summed E-state index contributed by atoms with van der Waals surface area (Å²) in [4.78, 5) is 0. The van der Waals surface area contributed by atoms with Gasteiger partial charge in [-0.25, -0.2) is 0 Å². The molecule has 0 radical (unpaired) electrons. The summed E-state index contributed by atoms with van der Waals surface area (Å²) in [5.41, 5.74) is 15.4. The first-order valence-corrected chi connectivity index (χ1v) is 20.8. The number of fused-ring (bicyclic) bond motifs is 11. The van der Waals surface area contributed by atoms with Crippen molar-refractivity contribution in [3.05, 3.63) is 217 Å². The van der Waals surface area contributed by atoms with Crippen LogP contribution < -0.4 is 0 Å². The van der Waals surface area contributed by atoms with E-state index in [1.807, 2.05) is 0 Å². The fraction of sp³-hybridized carbons (Fsp3) is 0.0508. The zero-order chi connectivity index (χ0) is 39.2. The topological polar surface area (TPSA) is 0 Å². The molecule has 276 valence electrons. The first kappa shape index (κ1) is 33.8. The van der Waals surface area contributed by atoms with Crippen LogP contribution in [-0.4, -0.2) is 0 Å². The van der Waals surface area contributed by atoms with Gasteiger partial charge in [-0.15, -0.1) is 0 Å². The average Bonchev–Trinajstić information content (AvgIpc) is 3.55.